The Bertz CT molecular complexity index is 709. The Kier molecular flexibility index (Phi) is 3.16. The van der Waals surface area contributed by atoms with E-state index < -0.39 is 0 Å². The standard InChI is InChI=1S/C13H9ClN2S2/c14-8-5-6-10-12(7-8)18-13(16-10)17-11-4-2-1-3-9(11)15/h1-7H,15H2. The second kappa shape index (κ2) is 4.80. The summed E-state index contributed by atoms with van der Waals surface area (Å²) in [5, 5.41) is 0.738. The molecule has 1 heterocycles. The van der Waals surface area contributed by atoms with Gasteiger partial charge in [-0.2, -0.15) is 0 Å². The van der Waals surface area contributed by atoms with Gasteiger partial charge in [-0.25, -0.2) is 4.98 Å². The van der Waals surface area contributed by atoms with Crippen molar-refractivity contribution < 1.29 is 0 Å². The Morgan fingerprint density at radius 2 is 2.00 bits per heavy atom. The maximum atomic E-state index is 5.97. The zero-order chi connectivity index (χ0) is 12.5. The molecule has 0 radical (unpaired) electrons. The number of nitrogens with zero attached hydrogens (tertiary/aromatic N) is 1. The van der Waals surface area contributed by atoms with Crippen LogP contribution in [-0.2, 0) is 0 Å². The molecule has 0 atom stereocenters. The number of para-hydroxylation sites is 1. The monoisotopic (exact) mass is 292 g/mol. The summed E-state index contributed by atoms with van der Waals surface area (Å²) in [7, 11) is 0. The molecule has 0 unspecified atom stereocenters. The van der Waals surface area contributed by atoms with Crippen molar-refractivity contribution in [2.24, 2.45) is 0 Å². The number of anilines is 1. The van der Waals surface area contributed by atoms with Gasteiger partial charge in [-0.3, -0.25) is 0 Å². The van der Waals surface area contributed by atoms with E-state index in [1.54, 1.807) is 23.1 Å². The Morgan fingerprint density at radius 1 is 1.17 bits per heavy atom. The van der Waals surface area contributed by atoms with E-state index in [1.807, 2.05) is 42.5 Å². The SMILES string of the molecule is Nc1ccccc1Sc1nc2ccc(Cl)cc2s1. The number of hydrogen-bond acceptors (Lipinski definition) is 4. The van der Waals surface area contributed by atoms with Crippen molar-refractivity contribution in [1.82, 2.24) is 4.98 Å². The van der Waals surface area contributed by atoms with Crippen LogP contribution in [0, 0.1) is 0 Å². The van der Waals surface area contributed by atoms with E-state index >= 15 is 0 Å². The fraction of sp³-hybridized carbons (Fsp3) is 0. The van der Waals surface area contributed by atoms with Crippen LogP contribution < -0.4 is 5.73 Å². The molecule has 2 N–H and O–H groups in total. The van der Waals surface area contributed by atoms with Crippen molar-refractivity contribution in [1.29, 1.82) is 0 Å². The van der Waals surface area contributed by atoms with Crippen molar-refractivity contribution >= 4 is 50.6 Å². The summed E-state index contributed by atoms with van der Waals surface area (Å²) in [4.78, 5) is 5.59. The van der Waals surface area contributed by atoms with Crippen LogP contribution in [0.5, 0.6) is 0 Å². The molecule has 0 amide bonds. The second-order valence-electron chi connectivity index (χ2n) is 3.73. The maximum Gasteiger partial charge on any atom is 0.155 e. The first-order valence-corrected chi connectivity index (χ1v) is 7.32. The van der Waals surface area contributed by atoms with Gasteiger partial charge in [0.2, 0.25) is 0 Å². The lowest BCUT2D eigenvalue weighted by molar-refractivity contribution is 1.29. The molecular weight excluding hydrogens is 284 g/mol. The van der Waals surface area contributed by atoms with Gasteiger partial charge >= 0.3 is 0 Å². The smallest absolute Gasteiger partial charge is 0.155 e. The van der Waals surface area contributed by atoms with E-state index in [9.17, 15) is 0 Å². The van der Waals surface area contributed by atoms with Gasteiger partial charge in [0.25, 0.3) is 0 Å². The molecule has 5 heteroatoms. The van der Waals surface area contributed by atoms with E-state index in [1.165, 1.54) is 0 Å². The Labute approximate surface area is 118 Å². The normalized spacial score (nSPS) is 10.9. The van der Waals surface area contributed by atoms with Crippen LogP contribution in [0.3, 0.4) is 0 Å². The molecular formula is C13H9ClN2S2. The van der Waals surface area contributed by atoms with Crippen LogP contribution in [-0.4, -0.2) is 4.98 Å². The van der Waals surface area contributed by atoms with Crippen LogP contribution in [0.4, 0.5) is 5.69 Å². The first-order chi connectivity index (χ1) is 8.72. The second-order valence-corrected chi connectivity index (χ2v) is 6.49. The van der Waals surface area contributed by atoms with E-state index in [4.69, 9.17) is 17.3 Å². The van der Waals surface area contributed by atoms with Gasteiger partial charge in [0.1, 0.15) is 0 Å². The van der Waals surface area contributed by atoms with Crippen LogP contribution in [0.1, 0.15) is 0 Å². The molecule has 3 rings (SSSR count). The number of fused-ring (bicyclic) bond motifs is 1. The molecule has 0 bridgehead atoms. The minimum Gasteiger partial charge on any atom is -0.398 e. The lowest BCUT2D eigenvalue weighted by Gasteiger charge is -2.00. The van der Waals surface area contributed by atoms with E-state index in [0.717, 1.165) is 30.2 Å². The fourth-order valence-electron chi connectivity index (χ4n) is 1.59. The lowest BCUT2D eigenvalue weighted by atomic mass is 10.3. The number of nitrogen functional groups attached to an aromatic ring is 1. The Balaban J connectivity index is 1.98. The number of benzene rings is 2. The van der Waals surface area contributed by atoms with Gasteiger partial charge in [0, 0.05) is 15.6 Å². The van der Waals surface area contributed by atoms with E-state index in [2.05, 4.69) is 4.98 Å². The summed E-state index contributed by atoms with van der Waals surface area (Å²) in [6.45, 7) is 0. The number of halogens is 1. The highest BCUT2D eigenvalue weighted by molar-refractivity contribution is 8.01. The average Bonchev–Trinajstić information content (AvgIpc) is 2.73. The first-order valence-electron chi connectivity index (χ1n) is 5.31. The molecule has 2 nitrogen and oxygen atoms in total. The Hall–Kier alpha value is -1.23. The molecule has 0 aliphatic rings. The van der Waals surface area contributed by atoms with Gasteiger partial charge in [-0.05, 0) is 30.3 Å². The molecule has 0 aliphatic heterocycles. The predicted octanol–water partition coefficient (Wildman–Crippen LogP) is 4.68. The lowest BCUT2D eigenvalue weighted by Crippen LogP contribution is -1.86. The van der Waals surface area contributed by atoms with Crippen molar-refractivity contribution in [2.45, 2.75) is 9.24 Å². The first kappa shape index (κ1) is 11.8. The number of aromatic nitrogens is 1. The topological polar surface area (TPSA) is 38.9 Å². The van der Waals surface area contributed by atoms with Gasteiger partial charge in [0.05, 0.1) is 10.2 Å². The molecule has 18 heavy (non-hydrogen) atoms. The predicted molar refractivity (Wildman–Crippen MR) is 79.6 cm³/mol. The Morgan fingerprint density at radius 3 is 2.83 bits per heavy atom. The summed E-state index contributed by atoms with van der Waals surface area (Å²) in [5.74, 6) is 0. The van der Waals surface area contributed by atoms with Crippen LogP contribution in [0.2, 0.25) is 5.02 Å². The van der Waals surface area contributed by atoms with Crippen molar-refractivity contribution in [3.63, 3.8) is 0 Å². The average molecular weight is 293 g/mol. The molecule has 1 aromatic heterocycles. The van der Waals surface area contributed by atoms with Crippen LogP contribution in [0.15, 0.2) is 51.7 Å². The number of hydrogen-bond donors (Lipinski definition) is 1. The minimum atomic E-state index is 0.738. The van der Waals surface area contributed by atoms with Crippen LogP contribution in [0.25, 0.3) is 10.2 Å². The summed E-state index contributed by atoms with van der Waals surface area (Å²) < 4.78 is 2.07. The summed E-state index contributed by atoms with van der Waals surface area (Å²) in [6.07, 6.45) is 0. The quantitative estimate of drug-likeness (QED) is 0.697. The van der Waals surface area contributed by atoms with Crippen LogP contribution >= 0.6 is 34.7 Å². The third-order valence-electron chi connectivity index (χ3n) is 2.45. The highest BCUT2D eigenvalue weighted by atomic mass is 35.5. The fourth-order valence-corrected chi connectivity index (χ4v) is 3.93. The molecule has 0 spiro atoms. The zero-order valence-electron chi connectivity index (χ0n) is 9.26. The summed E-state index contributed by atoms with van der Waals surface area (Å²) in [5.41, 5.74) is 7.67. The molecule has 90 valence electrons. The molecule has 0 saturated heterocycles. The third-order valence-corrected chi connectivity index (χ3v) is 4.85. The van der Waals surface area contributed by atoms with Crippen molar-refractivity contribution in [3.05, 3.63) is 47.5 Å². The van der Waals surface area contributed by atoms with Gasteiger partial charge in [-0.1, -0.05) is 35.5 Å². The summed E-state index contributed by atoms with van der Waals surface area (Å²) >= 11 is 9.18. The maximum absolute atomic E-state index is 5.97. The highest BCUT2D eigenvalue weighted by Gasteiger charge is 2.07. The van der Waals surface area contributed by atoms with Gasteiger partial charge in [0.15, 0.2) is 4.34 Å². The van der Waals surface area contributed by atoms with Crippen molar-refractivity contribution in [3.8, 4) is 0 Å². The number of nitrogens with two attached hydrogens (primary N) is 1. The summed E-state index contributed by atoms with van der Waals surface area (Å²) in [6, 6.07) is 13.5. The number of thiazole rings is 1. The van der Waals surface area contributed by atoms with Gasteiger partial charge in [-0.15, -0.1) is 11.3 Å². The molecule has 2 aromatic carbocycles. The highest BCUT2D eigenvalue weighted by Crippen LogP contribution is 2.37. The number of rotatable bonds is 2. The van der Waals surface area contributed by atoms with E-state index in [-0.39, 0.29) is 0 Å². The largest absolute Gasteiger partial charge is 0.398 e. The molecule has 0 fully saturated rings. The molecule has 0 aliphatic carbocycles. The van der Waals surface area contributed by atoms with E-state index in [0.29, 0.717) is 0 Å². The molecule has 0 saturated carbocycles. The van der Waals surface area contributed by atoms with Crippen molar-refractivity contribution in [2.75, 3.05) is 5.73 Å². The zero-order valence-corrected chi connectivity index (χ0v) is 11.6. The third kappa shape index (κ3) is 2.32. The van der Waals surface area contributed by atoms with Gasteiger partial charge < -0.3 is 5.73 Å². The minimum absolute atomic E-state index is 0.738. The molecule has 3 aromatic rings.